The Labute approximate surface area is 84.3 Å². The molecule has 1 rings (SSSR count). The summed E-state index contributed by atoms with van der Waals surface area (Å²) in [6, 6.07) is 0.215. The van der Waals surface area contributed by atoms with Crippen molar-refractivity contribution in [2.75, 3.05) is 5.75 Å². The SMILES string of the molecule is CC(C(=O)NC1CC1)S(=O)CC(=O)O. The number of hydrogen-bond acceptors (Lipinski definition) is 3. The van der Waals surface area contributed by atoms with Crippen molar-refractivity contribution >= 4 is 22.7 Å². The molecule has 2 atom stereocenters. The van der Waals surface area contributed by atoms with E-state index < -0.39 is 27.8 Å². The largest absolute Gasteiger partial charge is 0.481 e. The van der Waals surface area contributed by atoms with Crippen LogP contribution in [0.4, 0.5) is 0 Å². The number of hydrogen-bond donors (Lipinski definition) is 2. The molecule has 14 heavy (non-hydrogen) atoms. The van der Waals surface area contributed by atoms with E-state index in [4.69, 9.17) is 5.11 Å². The van der Waals surface area contributed by atoms with E-state index in [1.807, 2.05) is 0 Å². The molecule has 0 aliphatic heterocycles. The van der Waals surface area contributed by atoms with Crippen molar-refractivity contribution in [3.05, 3.63) is 0 Å². The van der Waals surface area contributed by atoms with E-state index in [0.717, 1.165) is 12.8 Å². The Morgan fingerprint density at radius 3 is 2.57 bits per heavy atom. The lowest BCUT2D eigenvalue weighted by Crippen LogP contribution is -2.38. The molecular weight excluding hydrogens is 206 g/mol. The first kappa shape index (κ1) is 11.2. The topological polar surface area (TPSA) is 83.5 Å². The number of carboxylic acids is 1. The smallest absolute Gasteiger partial charge is 0.316 e. The average molecular weight is 219 g/mol. The molecule has 0 spiro atoms. The number of rotatable bonds is 5. The standard InChI is InChI=1S/C8H13NO4S/c1-5(14(13)4-7(10)11)8(12)9-6-2-3-6/h5-6H,2-4H2,1H3,(H,9,12)(H,10,11). The monoisotopic (exact) mass is 219 g/mol. The van der Waals surface area contributed by atoms with Crippen LogP contribution in [0.1, 0.15) is 19.8 Å². The molecule has 0 aromatic carbocycles. The van der Waals surface area contributed by atoms with Gasteiger partial charge in [0.2, 0.25) is 5.91 Å². The maximum atomic E-state index is 11.3. The molecular formula is C8H13NO4S. The molecule has 0 saturated heterocycles. The summed E-state index contributed by atoms with van der Waals surface area (Å²) in [6.45, 7) is 1.48. The number of carbonyl (C=O) groups excluding carboxylic acids is 1. The van der Waals surface area contributed by atoms with Crippen LogP contribution >= 0.6 is 0 Å². The highest BCUT2D eigenvalue weighted by Gasteiger charge is 2.28. The molecule has 2 N–H and O–H groups in total. The Kier molecular flexibility index (Phi) is 3.62. The molecule has 1 aliphatic rings. The minimum atomic E-state index is -1.63. The van der Waals surface area contributed by atoms with Gasteiger partial charge in [0.15, 0.2) is 0 Å². The first-order chi connectivity index (χ1) is 6.50. The quantitative estimate of drug-likeness (QED) is 0.652. The van der Waals surface area contributed by atoms with E-state index in [1.165, 1.54) is 6.92 Å². The van der Waals surface area contributed by atoms with Gasteiger partial charge in [0.25, 0.3) is 0 Å². The van der Waals surface area contributed by atoms with Gasteiger partial charge < -0.3 is 10.4 Å². The number of carbonyl (C=O) groups is 2. The van der Waals surface area contributed by atoms with E-state index in [0.29, 0.717) is 0 Å². The Morgan fingerprint density at radius 2 is 2.14 bits per heavy atom. The second-order valence-corrected chi connectivity index (χ2v) is 5.10. The zero-order valence-electron chi connectivity index (χ0n) is 7.86. The second-order valence-electron chi connectivity index (χ2n) is 3.34. The highest BCUT2D eigenvalue weighted by Crippen LogP contribution is 2.18. The summed E-state index contributed by atoms with van der Waals surface area (Å²) in [5, 5.41) is 10.3. The van der Waals surface area contributed by atoms with Gasteiger partial charge in [-0.2, -0.15) is 0 Å². The zero-order valence-corrected chi connectivity index (χ0v) is 8.67. The van der Waals surface area contributed by atoms with E-state index in [1.54, 1.807) is 0 Å². The molecule has 1 aliphatic carbocycles. The van der Waals surface area contributed by atoms with Gasteiger partial charge in [-0.15, -0.1) is 0 Å². The molecule has 1 fully saturated rings. The summed E-state index contributed by atoms with van der Waals surface area (Å²) >= 11 is 0. The molecule has 0 aromatic rings. The first-order valence-electron chi connectivity index (χ1n) is 4.40. The molecule has 0 bridgehead atoms. The fraction of sp³-hybridized carbons (Fsp3) is 0.750. The average Bonchev–Trinajstić information content (AvgIpc) is 2.85. The molecule has 80 valence electrons. The van der Waals surface area contributed by atoms with Crippen molar-refractivity contribution in [1.29, 1.82) is 0 Å². The number of nitrogens with one attached hydrogen (secondary N) is 1. The Morgan fingerprint density at radius 1 is 1.57 bits per heavy atom. The normalized spacial score (nSPS) is 19.8. The maximum Gasteiger partial charge on any atom is 0.316 e. The molecule has 1 amide bonds. The van der Waals surface area contributed by atoms with Crippen LogP contribution in [0.3, 0.4) is 0 Å². The van der Waals surface area contributed by atoms with Gasteiger partial charge in [-0.25, -0.2) is 0 Å². The molecule has 5 nitrogen and oxygen atoms in total. The van der Waals surface area contributed by atoms with Crippen molar-refractivity contribution in [2.24, 2.45) is 0 Å². The van der Waals surface area contributed by atoms with Gasteiger partial charge in [0.1, 0.15) is 11.0 Å². The predicted octanol–water partition coefficient (Wildman–Crippen LogP) is -0.513. The second kappa shape index (κ2) is 4.54. The summed E-state index contributed by atoms with van der Waals surface area (Å²) in [5.41, 5.74) is 0. The van der Waals surface area contributed by atoms with Crippen LogP contribution in [-0.2, 0) is 20.4 Å². The highest BCUT2D eigenvalue weighted by atomic mass is 32.2. The fourth-order valence-corrected chi connectivity index (χ4v) is 1.71. The molecule has 0 aromatic heterocycles. The summed E-state index contributed by atoms with van der Waals surface area (Å²) < 4.78 is 11.3. The fourth-order valence-electron chi connectivity index (χ4n) is 0.912. The van der Waals surface area contributed by atoms with Crippen molar-refractivity contribution in [1.82, 2.24) is 5.32 Å². The highest BCUT2D eigenvalue weighted by molar-refractivity contribution is 7.87. The third kappa shape index (κ3) is 3.45. The Hall–Kier alpha value is -0.910. The van der Waals surface area contributed by atoms with Gasteiger partial charge in [-0.3, -0.25) is 13.8 Å². The number of amides is 1. The molecule has 2 unspecified atom stereocenters. The first-order valence-corrected chi connectivity index (χ1v) is 5.78. The summed E-state index contributed by atoms with van der Waals surface area (Å²) in [6.07, 6.45) is 1.92. The van der Waals surface area contributed by atoms with E-state index in [9.17, 15) is 13.8 Å². The Balaban J connectivity index is 2.37. The lowest BCUT2D eigenvalue weighted by atomic mass is 10.4. The van der Waals surface area contributed by atoms with Crippen molar-refractivity contribution in [3.63, 3.8) is 0 Å². The van der Waals surface area contributed by atoms with E-state index >= 15 is 0 Å². The summed E-state index contributed by atoms with van der Waals surface area (Å²) in [4.78, 5) is 21.6. The van der Waals surface area contributed by atoms with Crippen LogP contribution in [0.25, 0.3) is 0 Å². The van der Waals surface area contributed by atoms with Crippen LogP contribution < -0.4 is 5.32 Å². The lowest BCUT2D eigenvalue weighted by Gasteiger charge is -2.09. The van der Waals surface area contributed by atoms with Gasteiger partial charge in [-0.05, 0) is 19.8 Å². The third-order valence-corrected chi connectivity index (χ3v) is 3.49. The van der Waals surface area contributed by atoms with E-state index in [-0.39, 0.29) is 11.9 Å². The molecule has 1 saturated carbocycles. The van der Waals surface area contributed by atoms with Crippen LogP contribution in [0.2, 0.25) is 0 Å². The lowest BCUT2D eigenvalue weighted by molar-refractivity contribution is -0.133. The van der Waals surface area contributed by atoms with Crippen LogP contribution in [0.5, 0.6) is 0 Å². The van der Waals surface area contributed by atoms with Gasteiger partial charge >= 0.3 is 5.97 Å². The molecule has 6 heteroatoms. The third-order valence-electron chi connectivity index (χ3n) is 1.95. The summed E-state index contributed by atoms with van der Waals surface area (Å²) in [5.74, 6) is -1.93. The zero-order chi connectivity index (χ0) is 10.7. The minimum absolute atomic E-state index is 0.215. The van der Waals surface area contributed by atoms with Crippen molar-refractivity contribution in [2.45, 2.75) is 31.1 Å². The van der Waals surface area contributed by atoms with Crippen molar-refractivity contribution < 1.29 is 18.9 Å². The molecule has 0 radical (unpaired) electrons. The maximum absolute atomic E-state index is 11.3. The van der Waals surface area contributed by atoms with Gasteiger partial charge in [-0.1, -0.05) is 0 Å². The van der Waals surface area contributed by atoms with Crippen molar-refractivity contribution in [3.8, 4) is 0 Å². The van der Waals surface area contributed by atoms with Crippen LogP contribution in [-0.4, -0.2) is 38.2 Å². The summed E-state index contributed by atoms with van der Waals surface area (Å²) in [7, 11) is -1.63. The van der Waals surface area contributed by atoms with Crippen LogP contribution in [0, 0.1) is 0 Å². The number of carboxylic acid groups (broad SMARTS) is 1. The minimum Gasteiger partial charge on any atom is -0.481 e. The predicted molar refractivity (Wildman–Crippen MR) is 51.3 cm³/mol. The molecule has 0 heterocycles. The van der Waals surface area contributed by atoms with Crippen LogP contribution in [0.15, 0.2) is 0 Å². The van der Waals surface area contributed by atoms with E-state index in [2.05, 4.69) is 5.32 Å². The van der Waals surface area contributed by atoms with Gasteiger partial charge in [0.05, 0.1) is 0 Å². The number of aliphatic carboxylic acids is 1. The van der Waals surface area contributed by atoms with Gasteiger partial charge in [0, 0.05) is 16.8 Å². The Bertz CT molecular complexity index is 275.